The smallest absolute Gasteiger partial charge is 0.0541 e. The highest BCUT2D eigenvalue weighted by molar-refractivity contribution is 6.12. The van der Waals surface area contributed by atoms with E-state index in [1.54, 1.807) is 0 Å². The van der Waals surface area contributed by atoms with Gasteiger partial charge in [-0.05, 0) is 183 Å². The van der Waals surface area contributed by atoms with Crippen LogP contribution in [-0.2, 0) is 5.41 Å². The number of para-hydroxylation sites is 2. The van der Waals surface area contributed by atoms with Crippen molar-refractivity contribution < 1.29 is 0 Å². The number of aromatic nitrogens is 2. The number of fused-ring (bicyclic) bond motifs is 11. The van der Waals surface area contributed by atoms with Crippen LogP contribution >= 0.6 is 0 Å². The fourth-order valence-corrected chi connectivity index (χ4v) is 14.1. The molecule has 0 bridgehead atoms. The quantitative estimate of drug-likeness (QED) is 0.121. The van der Waals surface area contributed by atoms with Crippen molar-refractivity contribution in [2.24, 2.45) is 0 Å². The minimum Gasteiger partial charge on any atom is -0.309 e. The Labute approximate surface area is 518 Å². The van der Waals surface area contributed by atoms with Gasteiger partial charge in [0, 0.05) is 38.3 Å². The van der Waals surface area contributed by atoms with Gasteiger partial charge in [0.2, 0.25) is 0 Å². The Morgan fingerprint density at radius 1 is 0.236 bits per heavy atom. The molecule has 0 amide bonds. The summed E-state index contributed by atoms with van der Waals surface area (Å²) in [5.74, 6) is 0. The predicted octanol–water partition coefficient (Wildman–Crippen LogP) is 23.5. The molecule has 0 saturated heterocycles. The van der Waals surface area contributed by atoms with Crippen molar-refractivity contribution in [3.63, 3.8) is 0 Å². The maximum atomic E-state index is 2.42. The molecular weight excluding hydrogens is 1070 g/mol. The third-order valence-electron chi connectivity index (χ3n) is 18.9. The summed E-state index contributed by atoms with van der Waals surface area (Å²) in [4.78, 5) is 0. The van der Waals surface area contributed by atoms with Crippen LogP contribution in [0, 0.1) is 0 Å². The first kappa shape index (κ1) is 52.0. The zero-order chi connectivity index (χ0) is 59.2. The standard InChI is InChI=1S/C87H60N2/c1-87(2)81-55-71(65-35-27-59(28-36-65)21-19-57-23-31-63(32-24-57)69-43-49-85-79(53-69)77-15-7-9-17-83(77)88(85)73-45-39-61-11-3-5-13-67(61)51-73)41-47-75(81)76-48-42-72(56-82(76)87)66-37-29-60(30-38-66)22-20-58-25-33-64(34-26-58)70-44-50-86-80(54-70)78-16-8-10-18-84(78)89(86)74-46-40-62-12-4-6-14-68(62)52-74/h3-56H,1-2H3/b21-19+,22-20+. The van der Waals surface area contributed by atoms with Crippen molar-refractivity contribution in [3.8, 4) is 67.0 Å². The first-order valence-corrected chi connectivity index (χ1v) is 30.9. The molecule has 0 atom stereocenters. The maximum absolute atomic E-state index is 2.42. The van der Waals surface area contributed by atoms with Crippen LogP contribution in [0.1, 0.15) is 47.2 Å². The van der Waals surface area contributed by atoms with E-state index in [2.05, 4.69) is 351 Å². The molecule has 0 spiro atoms. The highest BCUT2D eigenvalue weighted by Gasteiger charge is 2.36. The maximum Gasteiger partial charge on any atom is 0.0541 e. The van der Waals surface area contributed by atoms with Crippen LogP contribution in [0.4, 0.5) is 0 Å². The lowest BCUT2D eigenvalue weighted by atomic mass is 9.81. The van der Waals surface area contributed by atoms with Crippen molar-refractivity contribution in [1.29, 1.82) is 0 Å². The SMILES string of the molecule is CC1(C)c2cc(-c3ccc(/C=C/c4ccc(-c5ccc6c(c5)c5ccccc5n6-c5ccc6ccccc6c5)cc4)cc3)ccc2-c2ccc(-c3ccc(/C=C/c4ccc(-c5ccc6c(c5)c5ccccc5n6-c5ccc6ccccc6c5)cc4)cc3)cc21. The van der Waals surface area contributed by atoms with E-state index in [-0.39, 0.29) is 5.41 Å². The summed E-state index contributed by atoms with van der Waals surface area (Å²) in [6.45, 7) is 4.76. The van der Waals surface area contributed by atoms with Gasteiger partial charge < -0.3 is 9.13 Å². The molecule has 0 saturated carbocycles. The van der Waals surface area contributed by atoms with Crippen molar-refractivity contribution in [2.75, 3.05) is 0 Å². The van der Waals surface area contributed by atoms with Crippen molar-refractivity contribution >= 4 is 89.5 Å². The van der Waals surface area contributed by atoms with Crippen LogP contribution in [0.2, 0.25) is 0 Å². The summed E-state index contributed by atoms with van der Waals surface area (Å²) in [5, 5.41) is 10.0. The highest BCUT2D eigenvalue weighted by atomic mass is 15.0. The summed E-state index contributed by atoms with van der Waals surface area (Å²) in [6.07, 6.45) is 8.85. The number of nitrogens with zero attached hydrogens (tertiary/aromatic N) is 2. The lowest BCUT2D eigenvalue weighted by Gasteiger charge is -2.22. The fourth-order valence-electron chi connectivity index (χ4n) is 14.1. The topological polar surface area (TPSA) is 9.86 Å². The molecule has 1 aliphatic rings. The molecule has 0 N–H and O–H groups in total. The van der Waals surface area contributed by atoms with E-state index in [4.69, 9.17) is 0 Å². The van der Waals surface area contributed by atoms with Crippen LogP contribution in [0.3, 0.4) is 0 Å². The molecule has 16 aromatic rings. The van der Waals surface area contributed by atoms with Gasteiger partial charge in [-0.3, -0.25) is 0 Å². The van der Waals surface area contributed by atoms with E-state index in [1.165, 1.54) is 166 Å². The molecule has 0 radical (unpaired) electrons. The van der Waals surface area contributed by atoms with E-state index in [0.717, 1.165) is 0 Å². The Morgan fingerprint density at radius 3 is 0.921 bits per heavy atom. The van der Waals surface area contributed by atoms with Gasteiger partial charge >= 0.3 is 0 Å². The Bertz CT molecular complexity index is 5190. The first-order valence-electron chi connectivity index (χ1n) is 30.9. The van der Waals surface area contributed by atoms with Crippen molar-refractivity contribution in [3.05, 3.63) is 337 Å². The number of hydrogen-bond acceptors (Lipinski definition) is 0. The fraction of sp³-hybridized carbons (Fsp3) is 0.0345. The van der Waals surface area contributed by atoms with Crippen molar-refractivity contribution in [2.45, 2.75) is 19.3 Å². The van der Waals surface area contributed by atoms with Gasteiger partial charge in [-0.25, -0.2) is 0 Å². The first-order chi connectivity index (χ1) is 43.8. The second kappa shape index (κ2) is 21.0. The zero-order valence-electron chi connectivity index (χ0n) is 49.6. The largest absolute Gasteiger partial charge is 0.309 e. The summed E-state index contributed by atoms with van der Waals surface area (Å²) < 4.78 is 4.80. The minimum atomic E-state index is -0.148. The highest BCUT2D eigenvalue weighted by Crippen LogP contribution is 2.51. The molecule has 2 heterocycles. The Balaban J connectivity index is 0.553. The minimum absolute atomic E-state index is 0.148. The van der Waals surface area contributed by atoms with E-state index in [9.17, 15) is 0 Å². The predicted molar refractivity (Wildman–Crippen MR) is 380 cm³/mol. The third-order valence-corrected chi connectivity index (χ3v) is 18.9. The van der Waals surface area contributed by atoms with Gasteiger partial charge in [-0.1, -0.05) is 269 Å². The molecule has 0 aliphatic heterocycles. The van der Waals surface area contributed by atoms with Gasteiger partial charge in [-0.15, -0.1) is 0 Å². The summed E-state index contributed by atoms with van der Waals surface area (Å²) in [7, 11) is 0. The van der Waals surface area contributed by atoms with Gasteiger partial charge in [0.25, 0.3) is 0 Å². The molecular formula is C87H60N2. The Morgan fingerprint density at radius 2 is 0.539 bits per heavy atom. The van der Waals surface area contributed by atoms with E-state index >= 15 is 0 Å². The van der Waals surface area contributed by atoms with Crippen molar-refractivity contribution in [1.82, 2.24) is 9.13 Å². The van der Waals surface area contributed by atoms with Crippen LogP contribution in [0.5, 0.6) is 0 Å². The van der Waals surface area contributed by atoms with Crippen LogP contribution < -0.4 is 0 Å². The molecule has 17 rings (SSSR count). The number of rotatable bonds is 10. The van der Waals surface area contributed by atoms with Gasteiger partial charge in [0.15, 0.2) is 0 Å². The molecule has 0 unspecified atom stereocenters. The second-order valence-corrected chi connectivity index (χ2v) is 24.5. The van der Waals surface area contributed by atoms with Gasteiger partial charge in [0.05, 0.1) is 22.1 Å². The summed E-state index contributed by atoms with van der Waals surface area (Å²) in [6, 6.07) is 112. The van der Waals surface area contributed by atoms with Crippen LogP contribution in [0.15, 0.2) is 303 Å². The Hall–Kier alpha value is -11.3. The Kier molecular flexibility index (Phi) is 12.3. The molecule has 89 heavy (non-hydrogen) atoms. The molecule has 2 heteroatoms. The number of hydrogen-bond donors (Lipinski definition) is 0. The van der Waals surface area contributed by atoms with Crippen LogP contribution in [-0.4, -0.2) is 9.13 Å². The van der Waals surface area contributed by atoms with E-state index in [0.29, 0.717) is 0 Å². The number of benzene rings is 14. The second-order valence-electron chi connectivity index (χ2n) is 24.5. The third kappa shape index (κ3) is 9.11. The van der Waals surface area contributed by atoms with E-state index in [1.807, 2.05) is 0 Å². The zero-order valence-corrected chi connectivity index (χ0v) is 49.6. The normalized spacial score (nSPS) is 12.8. The van der Waals surface area contributed by atoms with Crippen LogP contribution in [0.25, 0.3) is 156 Å². The molecule has 1 aliphatic carbocycles. The molecule has 418 valence electrons. The van der Waals surface area contributed by atoms with E-state index < -0.39 is 0 Å². The lowest BCUT2D eigenvalue weighted by molar-refractivity contribution is 0.661. The molecule has 2 aromatic heterocycles. The van der Waals surface area contributed by atoms with Gasteiger partial charge in [0.1, 0.15) is 0 Å². The average molecular weight is 1130 g/mol. The monoisotopic (exact) mass is 1130 g/mol. The lowest BCUT2D eigenvalue weighted by Crippen LogP contribution is -2.15. The average Bonchev–Trinajstić information content (AvgIpc) is 1.69. The summed E-state index contributed by atoms with van der Waals surface area (Å²) >= 11 is 0. The molecule has 0 fully saturated rings. The summed E-state index contributed by atoms with van der Waals surface area (Å²) in [5.41, 5.74) is 26.9. The molecule has 14 aromatic carbocycles. The van der Waals surface area contributed by atoms with Gasteiger partial charge in [-0.2, -0.15) is 0 Å². The molecule has 2 nitrogen and oxygen atoms in total.